The SMILES string of the molecule is CCCCCCC/C=C/C=C/CC/C=C/[C@@H](O)[C@H](CO[C@@H]1O[C@H](CO)[C@@H](O)[C@H](O)[C@H]1O)NC(=O)[C@H](O)CCCCCCCCCCCCCC=CCCCCCCCC. The number of unbranched alkanes of at least 4 members (excludes halogenated alkanes) is 23. The van der Waals surface area contributed by atoms with Gasteiger partial charge in [-0.25, -0.2) is 0 Å². The Kier molecular flexibility index (Phi) is 36.4. The van der Waals surface area contributed by atoms with Gasteiger partial charge in [0.25, 0.3) is 0 Å². The van der Waals surface area contributed by atoms with Gasteiger partial charge in [0.1, 0.15) is 30.5 Å². The van der Waals surface area contributed by atoms with Crippen molar-refractivity contribution >= 4 is 5.91 Å². The molecule has 0 unspecified atom stereocenters. The van der Waals surface area contributed by atoms with Crippen molar-refractivity contribution in [1.82, 2.24) is 5.32 Å². The molecule has 59 heavy (non-hydrogen) atoms. The zero-order valence-corrected chi connectivity index (χ0v) is 37.4. The summed E-state index contributed by atoms with van der Waals surface area (Å²) in [6.45, 7) is 3.55. The average molecular weight is 836 g/mol. The molecule has 344 valence electrons. The molecule has 0 radical (unpaired) electrons. The Balaban J connectivity index is 2.38. The van der Waals surface area contributed by atoms with Crippen LogP contribution < -0.4 is 5.32 Å². The summed E-state index contributed by atoms with van der Waals surface area (Å²) in [4.78, 5) is 13.0. The predicted molar refractivity (Wildman–Crippen MR) is 241 cm³/mol. The summed E-state index contributed by atoms with van der Waals surface area (Å²) in [6, 6.07) is -1.01. The van der Waals surface area contributed by atoms with Gasteiger partial charge in [-0.2, -0.15) is 0 Å². The summed E-state index contributed by atoms with van der Waals surface area (Å²) in [5.41, 5.74) is 0. The van der Waals surface area contributed by atoms with Gasteiger partial charge in [0, 0.05) is 0 Å². The molecule has 1 rings (SSSR count). The molecule has 0 spiro atoms. The zero-order valence-electron chi connectivity index (χ0n) is 37.4. The van der Waals surface area contributed by atoms with Gasteiger partial charge in [0.2, 0.25) is 5.91 Å². The lowest BCUT2D eigenvalue weighted by molar-refractivity contribution is -0.302. The second-order valence-corrected chi connectivity index (χ2v) is 16.7. The van der Waals surface area contributed by atoms with Gasteiger partial charge in [0.15, 0.2) is 6.29 Å². The van der Waals surface area contributed by atoms with E-state index in [4.69, 9.17) is 9.47 Å². The van der Waals surface area contributed by atoms with E-state index in [1.165, 1.54) is 128 Å². The van der Waals surface area contributed by atoms with Crippen LogP contribution in [0.15, 0.2) is 48.6 Å². The molecule has 0 aromatic rings. The second kappa shape index (κ2) is 39.0. The Morgan fingerprint density at radius 2 is 1.05 bits per heavy atom. The van der Waals surface area contributed by atoms with E-state index in [2.05, 4.69) is 49.5 Å². The van der Waals surface area contributed by atoms with Crippen molar-refractivity contribution in [3.8, 4) is 0 Å². The van der Waals surface area contributed by atoms with Crippen molar-refractivity contribution < 1.29 is 44.9 Å². The first kappa shape index (κ1) is 55.1. The lowest BCUT2D eigenvalue weighted by Crippen LogP contribution is -2.60. The molecule has 0 aromatic carbocycles. The number of aliphatic hydroxyl groups excluding tert-OH is 6. The van der Waals surface area contributed by atoms with Gasteiger partial charge in [-0.05, 0) is 57.8 Å². The van der Waals surface area contributed by atoms with Crippen LogP contribution in [0.3, 0.4) is 0 Å². The topological polar surface area (TPSA) is 169 Å². The minimum Gasteiger partial charge on any atom is -0.394 e. The highest BCUT2D eigenvalue weighted by molar-refractivity contribution is 5.80. The molecule has 0 aliphatic carbocycles. The Labute approximate surface area is 359 Å². The summed E-state index contributed by atoms with van der Waals surface area (Å²) in [7, 11) is 0. The smallest absolute Gasteiger partial charge is 0.249 e. The zero-order chi connectivity index (χ0) is 43.2. The minimum atomic E-state index is -1.62. The first-order valence-corrected chi connectivity index (χ1v) is 24.0. The third-order valence-corrected chi connectivity index (χ3v) is 11.3. The van der Waals surface area contributed by atoms with Crippen molar-refractivity contribution in [3.05, 3.63) is 48.6 Å². The fourth-order valence-electron chi connectivity index (χ4n) is 7.29. The number of hydrogen-bond donors (Lipinski definition) is 7. The quantitative estimate of drug-likeness (QED) is 0.0181. The molecule has 1 saturated heterocycles. The fraction of sp³-hybridized carbons (Fsp3) is 0.816. The van der Waals surface area contributed by atoms with Crippen LogP contribution in [0, 0.1) is 0 Å². The normalized spacial score (nSPS) is 21.7. The van der Waals surface area contributed by atoms with Gasteiger partial charge in [-0.3, -0.25) is 4.79 Å². The molecule has 7 N–H and O–H groups in total. The van der Waals surface area contributed by atoms with Crippen molar-refractivity contribution in [2.24, 2.45) is 0 Å². The number of carbonyl (C=O) groups is 1. The maximum absolute atomic E-state index is 13.0. The maximum Gasteiger partial charge on any atom is 0.249 e. The first-order chi connectivity index (χ1) is 28.8. The van der Waals surface area contributed by atoms with E-state index >= 15 is 0 Å². The van der Waals surface area contributed by atoms with Gasteiger partial charge < -0.3 is 45.4 Å². The van der Waals surface area contributed by atoms with E-state index in [0.29, 0.717) is 19.3 Å². The Morgan fingerprint density at radius 3 is 1.58 bits per heavy atom. The van der Waals surface area contributed by atoms with Gasteiger partial charge in [-0.1, -0.05) is 184 Å². The second-order valence-electron chi connectivity index (χ2n) is 16.7. The molecule has 1 amide bonds. The monoisotopic (exact) mass is 836 g/mol. The van der Waals surface area contributed by atoms with Crippen molar-refractivity contribution in [2.75, 3.05) is 13.2 Å². The molecule has 10 heteroatoms. The summed E-state index contributed by atoms with van der Waals surface area (Å²) in [5, 5.41) is 64.6. The third kappa shape index (κ3) is 29.1. The van der Waals surface area contributed by atoms with E-state index in [9.17, 15) is 35.4 Å². The molecule has 0 bridgehead atoms. The fourth-order valence-corrected chi connectivity index (χ4v) is 7.29. The molecule has 1 fully saturated rings. The molecule has 1 heterocycles. The van der Waals surface area contributed by atoms with E-state index in [0.717, 1.165) is 32.1 Å². The number of hydrogen-bond acceptors (Lipinski definition) is 9. The van der Waals surface area contributed by atoms with Crippen LogP contribution in [0.2, 0.25) is 0 Å². The molecule has 1 aliphatic rings. The lowest BCUT2D eigenvalue weighted by atomic mass is 9.99. The van der Waals surface area contributed by atoms with Crippen molar-refractivity contribution in [1.29, 1.82) is 0 Å². The number of amides is 1. The Morgan fingerprint density at radius 1 is 0.593 bits per heavy atom. The lowest BCUT2D eigenvalue weighted by Gasteiger charge is -2.40. The molecule has 10 nitrogen and oxygen atoms in total. The number of carbonyl (C=O) groups excluding carboxylic acids is 1. The Bertz CT molecular complexity index is 1080. The van der Waals surface area contributed by atoms with E-state index in [1.54, 1.807) is 6.08 Å². The largest absolute Gasteiger partial charge is 0.394 e. The standard InChI is InChI=1S/C49H89NO9/c1-3-5-7-9-11-13-15-17-18-19-20-21-22-23-24-26-28-30-32-34-36-38-43(53)48(57)50-41(40-58-49-47(56)46(55)45(54)44(39-51)59-49)42(52)37-35-33-31-29-27-25-16-14-12-10-8-6-4-2/h16-18,25,27,29,35,37,41-47,49,51-56H,3-15,19-24,26,28,30-34,36,38-40H2,1-2H3,(H,50,57)/b18-17?,25-16+,29-27+,37-35+/t41-,42+,43+,44+,45+,46-,47+,49+/m0/s1. The number of rotatable bonds is 39. The van der Waals surface area contributed by atoms with Crippen LogP contribution in [0.5, 0.6) is 0 Å². The molecular formula is C49H89NO9. The summed E-state index contributed by atoms with van der Waals surface area (Å²) in [6.07, 6.45) is 39.2. The third-order valence-electron chi connectivity index (χ3n) is 11.3. The number of nitrogens with one attached hydrogen (secondary N) is 1. The molecule has 0 saturated carbocycles. The number of ether oxygens (including phenoxy) is 2. The van der Waals surface area contributed by atoms with Crippen molar-refractivity contribution in [3.63, 3.8) is 0 Å². The summed E-state index contributed by atoms with van der Waals surface area (Å²) >= 11 is 0. The number of aliphatic hydroxyl groups is 6. The Hall–Kier alpha value is -1.89. The van der Waals surface area contributed by atoms with Gasteiger partial charge in [-0.15, -0.1) is 0 Å². The highest BCUT2D eigenvalue weighted by Crippen LogP contribution is 2.22. The van der Waals surface area contributed by atoms with Crippen LogP contribution in [-0.2, 0) is 14.3 Å². The van der Waals surface area contributed by atoms with Crippen LogP contribution in [0.4, 0.5) is 0 Å². The molecule has 8 atom stereocenters. The average Bonchev–Trinajstić information content (AvgIpc) is 3.23. The molecular weight excluding hydrogens is 747 g/mol. The maximum atomic E-state index is 13.0. The van der Waals surface area contributed by atoms with Gasteiger partial charge >= 0.3 is 0 Å². The van der Waals surface area contributed by atoms with Crippen LogP contribution in [0.1, 0.15) is 194 Å². The first-order valence-electron chi connectivity index (χ1n) is 24.0. The van der Waals surface area contributed by atoms with E-state index in [-0.39, 0.29) is 6.61 Å². The van der Waals surface area contributed by atoms with Crippen LogP contribution in [-0.4, -0.2) is 98.7 Å². The summed E-state index contributed by atoms with van der Waals surface area (Å²) in [5.74, 6) is -0.635. The van der Waals surface area contributed by atoms with Crippen molar-refractivity contribution in [2.45, 2.75) is 243 Å². The van der Waals surface area contributed by atoms with Gasteiger partial charge in [0.05, 0.1) is 25.4 Å². The minimum absolute atomic E-state index is 0.298. The molecule has 0 aromatic heterocycles. The number of allylic oxidation sites excluding steroid dienone is 7. The molecule has 1 aliphatic heterocycles. The predicted octanol–water partition coefficient (Wildman–Crippen LogP) is 9.20. The highest BCUT2D eigenvalue weighted by Gasteiger charge is 2.44. The van der Waals surface area contributed by atoms with E-state index < -0.39 is 61.5 Å². The summed E-state index contributed by atoms with van der Waals surface area (Å²) < 4.78 is 11.1. The van der Waals surface area contributed by atoms with Crippen LogP contribution in [0.25, 0.3) is 0 Å². The van der Waals surface area contributed by atoms with E-state index in [1.807, 2.05) is 12.2 Å². The highest BCUT2D eigenvalue weighted by atomic mass is 16.7. The van der Waals surface area contributed by atoms with Crippen LogP contribution >= 0.6 is 0 Å².